The average molecular weight is 1100 g/mol. The van der Waals surface area contributed by atoms with Gasteiger partial charge in [-0.15, -0.1) is 0 Å². The number of hydrogen-bond donors (Lipinski definition) is 1. The Morgan fingerprint density at radius 2 is 1.09 bits per heavy atom. The molecule has 0 bridgehead atoms. The number of unbranched alkanes of at least 4 members (excludes halogenated alkanes) is 2. The summed E-state index contributed by atoms with van der Waals surface area (Å²) in [7, 11) is -5.35. The fourth-order valence-corrected chi connectivity index (χ4v) is 9.09. The van der Waals surface area contributed by atoms with E-state index in [2.05, 4.69) is 10.0 Å². The summed E-state index contributed by atoms with van der Waals surface area (Å²) >= 11 is 0. The first-order valence-electron chi connectivity index (χ1n) is 24.5. The number of hydrogen-bond acceptors (Lipinski definition) is 20. The Kier molecular flexibility index (Phi) is 19.5. The van der Waals surface area contributed by atoms with E-state index in [1.165, 1.54) is 60.7 Å². The van der Waals surface area contributed by atoms with Gasteiger partial charge in [0, 0.05) is 31.9 Å². The summed E-state index contributed by atoms with van der Waals surface area (Å²) in [4.78, 5) is 102. The highest BCUT2D eigenvalue weighted by Crippen LogP contribution is 2.39. The van der Waals surface area contributed by atoms with Crippen molar-refractivity contribution in [1.82, 2.24) is 4.90 Å². The molecule has 2 amide bonds. The Labute approximate surface area is 447 Å². The molecule has 7 rings (SSSR count). The van der Waals surface area contributed by atoms with E-state index in [4.69, 9.17) is 52.3 Å². The third kappa shape index (κ3) is 14.7. The lowest BCUT2D eigenvalue weighted by atomic mass is 9.93. The van der Waals surface area contributed by atoms with Crippen molar-refractivity contribution in [1.29, 1.82) is 0 Å². The van der Waals surface area contributed by atoms with Gasteiger partial charge in [-0.05, 0) is 87.7 Å². The van der Waals surface area contributed by atoms with Crippen molar-refractivity contribution < 1.29 is 93.3 Å². The standard InChI is InChI=1S/C53H56N4O20S/c1-29-13-19-34(20-14-29)49(62)74-43-40(28-70-78(65,66)67)73-53(46(76-51(64)36-23-17-31(3)18-24-36)45(43)75-50(63)35-21-15-30(2)16-22-35)77-44-41(57-47(60)37-11-7-8-12-38(37)48(57)61)52(68-26-10-6-9-25-55-56-54)72-39(27-69-32(4)58)42(44)71-33(5)59/h7-8,11-24,39-46,52-53H,6,9-10,25-28H2,1-5H3,(H,65,66,67)/t39-,40-,41-,42+,43-,44-,45+,46-,52-,53+/m1/s1. The molecule has 0 radical (unpaired) electrons. The van der Waals surface area contributed by atoms with Crippen molar-refractivity contribution in [3.63, 3.8) is 0 Å². The third-order valence-electron chi connectivity index (χ3n) is 12.6. The summed E-state index contributed by atoms with van der Waals surface area (Å²) in [6.45, 7) is 5.49. The van der Waals surface area contributed by atoms with Crippen LogP contribution in [-0.2, 0) is 66.8 Å². The minimum Gasteiger partial charge on any atom is -0.463 e. The van der Waals surface area contributed by atoms with Crippen molar-refractivity contribution in [2.75, 3.05) is 26.4 Å². The normalized spacial score (nSPS) is 23.8. The smallest absolute Gasteiger partial charge is 0.397 e. The zero-order valence-electron chi connectivity index (χ0n) is 42.9. The molecule has 0 spiro atoms. The minimum atomic E-state index is -5.35. The molecule has 4 aromatic rings. The van der Waals surface area contributed by atoms with Crippen molar-refractivity contribution >= 4 is 52.1 Å². The second-order valence-electron chi connectivity index (χ2n) is 18.4. The summed E-state index contributed by atoms with van der Waals surface area (Å²) in [5.41, 5.74) is 10.7. The van der Waals surface area contributed by atoms with E-state index in [9.17, 15) is 46.5 Å². The molecule has 1 N–H and O–H groups in total. The Hall–Kier alpha value is -7.61. The number of esters is 5. The zero-order chi connectivity index (χ0) is 56.3. The maximum atomic E-state index is 14.6. The highest BCUT2D eigenvalue weighted by Gasteiger charge is 2.60. The average Bonchev–Trinajstić information content (AvgIpc) is 3.77. The van der Waals surface area contributed by atoms with Crippen LogP contribution in [0.25, 0.3) is 10.4 Å². The molecule has 2 saturated heterocycles. The quantitative estimate of drug-likeness (QED) is 0.0140. The van der Waals surface area contributed by atoms with Crippen LogP contribution in [-0.4, -0.2) is 147 Å². The number of nitrogens with zero attached hydrogens (tertiary/aromatic N) is 4. The maximum Gasteiger partial charge on any atom is 0.397 e. The molecule has 24 nitrogen and oxygen atoms in total. The van der Waals surface area contributed by atoms with Crippen LogP contribution in [0, 0.1) is 20.8 Å². The summed E-state index contributed by atoms with van der Waals surface area (Å²) in [5.74, 6) is -6.92. The molecule has 0 unspecified atom stereocenters. The van der Waals surface area contributed by atoms with Gasteiger partial charge in [0.2, 0.25) is 0 Å². The lowest BCUT2D eigenvalue weighted by Crippen LogP contribution is -2.70. The number of amides is 2. The Balaban J connectivity index is 1.43. The van der Waals surface area contributed by atoms with E-state index in [1.54, 1.807) is 57.2 Å². The minimum absolute atomic E-state index is 0.0546. The van der Waals surface area contributed by atoms with Gasteiger partial charge in [-0.2, -0.15) is 8.42 Å². The largest absolute Gasteiger partial charge is 0.463 e. The van der Waals surface area contributed by atoms with Crippen LogP contribution in [0.4, 0.5) is 0 Å². The van der Waals surface area contributed by atoms with Crippen molar-refractivity contribution in [3.8, 4) is 0 Å². The van der Waals surface area contributed by atoms with Crippen LogP contribution in [0.5, 0.6) is 0 Å². The van der Waals surface area contributed by atoms with Gasteiger partial charge in [0.25, 0.3) is 11.8 Å². The Bertz CT molecular complexity index is 2970. The fraction of sp³-hybridized carbons (Fsp3) is 0.415. The van der Waals surface area contributed by atoms with Crippen LogP contribution in [0.2, 0.25) is 0 Å². The highest BCUT2D eigenvalue weighted by molar-refractivity contribution is 7.80. The van der Waals surface area contributed by atoms with Gasteiger partial charge in [-0.1, -0.05) is 76.8 Å². The zero-order valence-corrected chi connectivity index (χ0v) is 43.7. The molecule has 0 aromatic heterocycles. The molecular weight excluding hydrogens is 1040 g/mol. The van der Waals surface area contributed by atoms with E-state index >= 15 is 0 Å². The molecular formula is C53H56N4O20S. The molecule has 3 heterocycles. The van der Waals surface area contributed by atoms with Gasteiger partial charge in [-0.3, -0.25) is 28.6 Å². The first-order valence-corrected chi connectivity index (χ1v) is 25.9. The second-order valence-corrected chi connectivity index (χ2v) is 19.5. The molecule has 78 heavy (non-hydrogen) atoms. The van der Waals surface area contributed by atoms with E-state index in [1.807, 2.05) is 0 Å². The van der Waals surface area contributed by atoms with Gasteiger partial charge < -0.3 is 42.6 Å². The highest BCUT2D eigenvalue weighted by atomic mass is 32.3. The number of ether oxygens (including phenoxy) is 9. The van der Waals surface area contributed by atoms with Crippen LogP contribution in [0.3, 0.4) is 0 Å². The van der Waals surface area contributed by atoms with E-state index in [0.717, 1.165) is 35.4 Å². The first kappa shape index (κ1) is 58.1. The predicted octanol–water partition coefficient (Wildman–Crippen LogP) is 5.90. The van der Waals surface area contributed by atoms with Crippen LogP contribution < -0.4 is 0 Å². The van der Waals surface area contributed by atoms with Gasteiger partial charge in [0.15, 0.2) is 37.0 Å². The number of imide groups is 1. The third-order valence-corrected chi connectivity index (χ3v) is 13.0. The number of rotatable bonds is 22. The van der Waals surface area contributed by atoms with E-state index < -0.39 is 127 Å². The van der Waals surface area contributed by atoms with Crippen LogP contribution in [0.15, 0.2) is 102 Å². The number of carbonyl (C=O) groups is 7. The SMILES string of the molecule is CC(=O)OC[C@H]1O[C@@H](OCCCCCN=[N+]=[N-])[C@H](N2C(=O)c3ccccc3C2=O)[C@@H](O[C@@H]2O[C@H](COS(=O)(=O)O)[C@@H](OC(=O)c3ccc(C)cc3)[C@H](OC(=O)c3ccc(C)cc3)[C@H]2OC(=O)c2ccc(C)cc2)[C@H]1OC(C)=O. The number of benzene rings is 4. The maximum absolute atomic E-state index is 14.6. The number of fused-ring (bicyclic) bond motifs is 1. The lowest BCUT2D eigenvalue weighted by Gasteiger charge is -2.50. The van der Waals surface area contributed by atoms with Gasteiger partial charge in [0.05, 0.1) is 34.4 Å². The molecule has 414 valence electrons. The Morgan fingerprint density at radius 3 is 1.58 bits per heavy atom. The molecule has 10 atom stereocenters. The van der Waals surface area contributed by atoms with Crippen molar-refractivity contribution in [2.24, 2.45) is 5.11 Å². The fourth-order valence-electron chi connectivity index (χ4n) is 8.78. The van der Waals surface area contributed by atoms with E-state index in [-0.39, 0.29) is 47.4 Å². The number of carbonyl (C=O) groups excluding carboxylic acids is 7. The number of aryl methyl sites for hydroxylation is 3. The van der Waals surface area contributed by atoms with Crippen LogP contribution >= 0.6 is 0 Å². The van der Waals surface area contributed by atoms with Gasteiger partial charge in [0.1, 0.15) is 31.0 Å². The number of azide groups is 1. The summed E-state index contributed by atoms with van der Waals surface area (Å²) in [5, 5.41) is 3.54. The van der Waals surface area contributed by atoms with Gasteiger partial charge >= 0.3 is 40.2 Å². The van der Waals surface area contributed by atoms with Crippen molar-refractivity contribution in [3.05, 3.63) is 152 Å². The molecule has 3 aliphatic rings. The first-order chi connectivity index (χ1) is 37.2. The summed E-state index contributed by atoms with van der Waals surface area (Å²) in [6, 6.07) is 22.0. The lowest BCUT2D eigenvalue weighted by molar-refractivity contribution is -0.347. The summed E-state index contributed by atoms with van der Waals surface area (Å²) in [6.07, 6.45) is -16.3. The Morgan fingerprint density at radius 1 is 0.615 bits per heavy atom. The van der Waals surface area contributed by atoms with Crippen LogP contribution in [0.1, 0.15) is 102 Å². The molecule has 0 aliphatic carbocycles. The van der Waals surface area contributed by atoms with E-state index in [0.29, 0.717) is 12.8 Å². The second kappa shape index (κ2) is 26.2. The van der Waals surface area contributed by atoms with Crippen molar-refractivity contribution in [2.45, 2.75) is 115 Å². The van der Waals surface area contributed by atoms with Gasteiger partial charge in [-0.25, -0.2) is 18.6 Å². The molecule has 4 aromatic carbocycles. The molecule has 2 fully saturated rings. The topological polar surface area (TPSA) is 318 Å². The molecule has 3 aliphatic heterocycles. The predicted molar refractivity (Wildman–Crippen MR) is 268 cm³/mol. The molecule has 25 heteroatoms. The summed E-state index contributed by atoms with van der Waals surface area (Å²) < 4.78 is 95.1. The monoisotopic (exact) mass is 1100 g/mol. The molecule has 0 saturated carbocycles.